The molecule has 0 N–H and O–H groups in total. The molecule has 0 aliphatic carbocycles. The molecule has 3 nitrogen and oxygen atoms in total. The van der Waals surface area contributed by atoms with E-state index in [0.717, 1.165) is 18.4 Å². The maximum Gasteiger partial charge on any atom is 0.203 e. The highest BCUT2D eigenvalue weighted by atomic mass is 16.5. The summed E-state index contributed by atoms with van der Waals surface area (Å²) in [5.41, 5.74) is 0.976. The van der Waals surface area contributed by atoms with Crippen molar-refractivity contribution in [3.8, 4) is 17.2 Å². The van der Waals surface area contributed by atoms with Gasteiger partial charge in [-0.25, -0.2) is 0 Å². The van der Waals surface area contributed by atoms with Crippen LogP contribution in [0.4, 0.5) is 0 Å². The highest BCUT2D eigenvalue weighted by molar-refractivity contribution is 5.52. The molecule has 16 heavy (non-hydrogen) atoms. The maximum absolute atomic E-state index is 5.63. The number of hydrogen-bond acceptors (Lipinski definition) is 3. The van der Waals surface area contributed by atoms with E-state index < -0.39 is 0 Å². The van der Waals surface area contributed by atoms with E-state index in [1.54, 1.807) is 14.2 Å². The molecule has 0 spiro atoms. The third kappa shape index (κ3) is 3.05. The molecule has 0 aliphatic rings. The lowest BCUT2D eigenvalue weighted by Crippen LogP contribution is -2.01. The van der Waals surface area contributed by atoms with Crippen LogP contribution in [0.3, 0.4) is 0 Å². The first kappa shape index (κ1) is 12.7. The molecule has 89 valence electrons. The van der Waals surface area contributed by atoms with Crippen LogP contribution >= 0.6 is 0 Å². The van der Waals surface area contributed by atoms with Gasteiger partial charge >= 0.3 is 0 Å². The summed E-state index contributed by atoms with van der Waals surface area (Å²) in [6.07, 6.45) is 2.12. The highest BCUT2D eigenvalue weighted by Crippen LogP contribution is 2.37. The van der Waals surface area contributed by atoms with Gasteiger partial charge in [-0.05, 0) is 25.0 Å². The Labute approximate surface area is 97.3 Å². The van der Waals surface area contributed by atoms with E-state index in [2.05, 4.69) is 13.0 Å². The smallest absolute Gasteiger partial charge is 0.203 e. The Morgan fingerprint density at radius 3 is 2.56 bits per heavy atom. The van der Waals surface area contributed by atoms with Gasteiger partial charge in [0.1, 0.15) is 0 Å². The van der Waals surface area contributed by atoms with Crippen molar-refractivity contribution in [2.75, 3.05) is 20.8 Å². The average molecular weight is 223 g/mol. The zero-order valence-electron chi connectivity index (χ0n) is 10.4. The van der Waals surface area contributed by atoms with Crippen molar-refractivity contribution >= 4 is 0 Å². The van der Waals surface area contributed by atoms with E-state index in [4.69, 9.17) is 14.2 Å². The maximum atomic E-state index is 5.63. The van der Waals surface area contributed by atoms with Crippen LogP contribution in [-0.4, -0.2) is 20.8 Å². The molecule has 1 aromatic rings. The Morgan fingerprint density at radius 1 is 1.25 bits per heavy atom. The summed E-state index contributed by atoms with van der Waals surface area (Å²) in [6.45, 7) is 4.76. The van der Waals surface area contributed by atoms with Crippen molar-refractivity contribution in [3.05, 3.63) is 17.7 Å². The van der Waals surface area contributed by atoms with Crippen molar-refractivity contribution in [2.45, 2.75) is 26.7 Å². The fraction of sp³-hybridized carbons (Fsp3) is 0.538. The molecule has 0 heterocycles. The van der Waals surface area contributed by atoms with Crippen LogP contribution in [0, 0.1) is 13.0 Å². The molecule has 0 aliphatic heterocycles. The monoisotopic (exact) mass is 223 g/mol. The van der Waals surface area contributed by atoms with E-state index in [0.29, 0.717) is 23.9 Å². The van der Waals surface area contributed by atoms with Crippen LogP contribution in [-0.2, 0) is 0 Å². The molecule has 0 saturated carbocycles. The van der Waals surface area contributed by atoms with Gasteiger partial charge in [0.25, 0.3) is 0 Å². The van der Waals surface area contributed by atoms with Crippen LogP contribution < -0.4 is 14.2 Å². The van der Waals surface area contributed by atoms with E-state index in [9.17, 15) is 0 Å². The number of aryl methyl sites for hydroxylation is 1. The van der Waals surface area contributed by atoms with E-state index in [1.807, 2.05) is 13.0 Å². The van der Waals surface area contributed by atoms with E-state index in [-0.39, 0.29) is 0 Å². The minimum Gasteiger partial charge on any atom is -0.493 e. The largest absolute Gasteiger partial charge is 0.493 e. The van der Waals surface area contributed by atoms with Crippen LogP contribution in [0.2, 0.25) is 0 Å². The van der Waals surface area contributed by atoms with Gasteiger partial charge in [-0.1, -0.05) is 13.3 Å². The molecule has 0 aromatic heterocycles. The minimum atomic E-state index is 0.615. The first-order valence-electron chi connectivity index (χ1n) is 5.50. The number of hydrogen-bond donors (Lipinski definition) is 0. The van der Waals surface area contributed by atoms with Gasteiger partial charge in [0.2, 0.25) is 5.75 Å². The second kappa shape index (κ2) is 6.26. The summed E-state index contributed by atoms with van der Waals surface area (Å²) < 4.78 is 16.1. The lowest BCUT2D eigenvalue weighted by molar-refractivity contribution is 0.278. The minimum absolute atomic E-state index is 0.615. The standard InChI is InChI=1S/C13H19O3/c1-5-6-7-16-12-9-10(2)8-11(14-3)13(12)15-4/h8H,5-7H2,1-4H3. The van der Waals surface area contributed by atoms with Crippen LogP contribution in [0.15, 0.2) is 6.07 Å². The second-order valence-corrected chi connectivity index (χ2v) is 3.59. The molecule has 0 bridgehead atoms. The Bertz CT molecular complexity index is 334. The van der Waals surface area contributed by atoms with Crippen molar-refractivity contribution in [1.29, 1.82) is 0 Å². The zero-order chi connectivity index (χ0) is 12.0. The van der Waals surface area contributed by atoms with Crippen molar-refractivity contribution in [1.82, 2.24) is 0 Å². The van der Waals surface area contributed by atoms with Crippen molar-refractivity contribution in [2.24, 2.45) is 0 Å². The normalized spacial score (nSPS) is 10.0. The first-order chi connectivity index (χ1) is 7.72. The first-order valence-corrected chi connectivity index (χ1v) is 5.50. The van der Waals surface area contributed by atoms with E-state index in [1.165, 1.54) is 0 Å². The number of benzene rings is 1. The van der Waals surface area contributed by atoms with Gasteiger partial charge in [0, 0.05) is 6.07 Å². The molecule has 0 atom stereocenters. The second-order valence-electron chi connectivity index (χ2n) is 3.59. The fourth-order valence-electron chi connectivity index (χ4n) is 1.41. The number of rotatable bonds is 6. The Kier molecular flexibility index (Phi) is 4.96. The predicted octanol–water partition coefficient (Wildman–Crippen LogP) is 2.99. The van der Waals surface area contributed by atoms with Gasteiger partial charge in [0.05, 0.1) is 20.8 Å². The number of ether oxygens (including phenoxy) is 3. The molecule has 0 saturated heterocycles. The summed E-state index contributed by atoms with van der Waals surface area (Å²) in [4.78, 5) is 0. The Balaban J connectivity index is 2.91. The van der Waals surface area contributed by atoms with Gasteiger partial charge in [-0.15, -0.1) is 0 Å². The summed E-state index contributed by atoms with van der Waals surface area (Å²) >= 11 is 0. The lowest BCUT2D eigenvalue weighted by atomic mass is 10.2. The summed E-state index contributed by atoms with van der Waals surface area (Å²) in [7, 11) is 3.22. The molecule has 1 aromatic carbocycles. The summed E-state index contributed by atoms with van der Waals surface area (Å²) in [5, 5.41) is 0. The third-order valence-corrected chi connectivity index (χ3v) is 2.26. The van der Waals surface area contributed by atoms with Crippen LogP contribution in [0.5, 0.6) is 17.2 Å². The fourth-order valence-corrected chi connectivity index (χ4v) is 1.41. The predicted molar refractivity (Wildman–Crippen MR) is 63.5 cm³/mol. The number of methoxy groups -OCH3 is 2. The molecule has 0 amide bonds. The quantitative estimate of drug-likeness (QED) is 0.694. The van der Waals surface area contributed by atoms with E-state index >= 15 is 0 Å². The molecule has 1 rings (SSSR count). The average Bonchev–Trinajstić information content (AvgIpc) is 2.28. The van der Waals surface area contributed by atoms with Crippen LogP contribution in [0.25, 0.3) is 0 Å². The molecule has 1 radical (unpaired) electrons. The molecule has 0 fully saturated rings. The molecular weight excluding hydrogens is 204 g/mol. The molecule has 0 unspecified atom stereocenters. The van der Waals surface area contributed by atoms with Gasteiger partial charge in [0.15, 0.2) is 11.5 Å². The van der Waals surface area contributed by atoms with Gasteiger partial charge < -0.3 is 14.2 Å². The van der Waals surface area contributed by atoms with Crippen molar-refractivity contribution < 1.29 is 14.2 Å². The Hall–Kier alpha value is -1.38. The molecule has 3 heteroatoms. The topological polar surface area (TPSA) is 27.7 Å². The van der Waals surface area contributed by atoms with Gasteiger partial charge in [-0.3, -0.25) is 0 Å². The SMILES string of the molecule is CCCCOc1[c]c(C)cc(OC)c1OC. The third-order valence-electron chi connectivity index (χ3n) is 2.26. The Morgan fingerprint density at radius 2 is 2.00 bits per heavy atom. The molecular formula is C13H19O3. The lowest BCUT2D eigenvalue weighted by Gasteiger charge is -2.14. The highest BCUT2D eigenvalue weighted by Gasteiger charge is 2.12. The zero-order valence-corrected chi connectivity index (χ0v) is 10.4. The summed E-state index contributed by atoms with van der Waals surface area (Å²) in [5.74, 6) is 1.93. The van der Waals surface area contributed by atoms with Crippen LogP contribution in [0.1, 0.15) is 25.3 Å². The number of unbranched alkanes of at least 4 members (excludes halogenated alkanes) is 1. The van der Waals surface area contributed by atoms with Gasteiger partial charge in [-0.2, -0.15) is 0 Å². The summed E-state index contributed by atoms with van der Waals surface area (Å²) in [6, 6.07) is 5.01. The van der Waals surface area contributed by atoms with Crippen molar-refractivity contribution in [3.63, 3.8) is 0 Å².